The minimum Gasteiger partial charge on any atom is -0.497 e. The minimum atomic E-state index is -0.508. The van der Waals surface area contributed by atoms with Crippen LogP contribution in [0, 0.1) is 6.92 Å². The van der Waals surface area contributed by atoms with Crippen LogP contribution in [-0.2, 0) is 4.79 Å². The average Bonchev–Trinajstić information content (AvgIpc) is 2.69. The van der Waals surface area contributed by atoms with Crippen molar-refractivity contribution in [2.75, 3.05) is 17.7 Å². The number of hydrogen-bond donors (Lipinski definition) is 2. The summed E-state index contributed by atoms with van der Waals surface area (Å²) in [6.45, 7) is 2.02. The predicted octanol–water partition coefficient (Wildman–Crippen LogP) is 4.80. The fourth-order valence-electron chi connectivity index (χ4n) is 2.65. The van der Waals surface area contributed by atoms with Crippen LogP contribution in [0.2, 0.25) is 0 Å². The van der Waals surface area contributed by atoms with Gasteiger partial charge in [0.25, 0.3) is 5.91 Å². The summed E-state index contributed by atoms with van der Waals surface area (Å²) < 4.78 is 5.19. The highest BCUT2D eigenvalue weighted by Crippen LogP contribution is 2.23. The number of ether oxygens (including phenoxy) is 1. The van der Waals surface area contributed by atoms with Crippen molar-refractivity contribution in [2.24, 2.45) is 0 Å². The van der Waals surface area contributed by atoms with Crippen molar-refractivity contribution in [3.8, 4) is 5.75 Å². The van der Waals surface area contributed by atoms with Crippen LogP contribution in [0.5, 0.6) is 5.75 Å². The Hall–Kier alpha value is -3.27. The molecule has 0 aliphatic carbocycles. The molecule has 132 valence electrons. The van der Waals surface area contributed by atoms with E-state index in [0.717, 1.165) is 28.3 Å². The first kappa shape index (κ1) is 17.5. The summed E-state index contributed by atoms with van der Waals surface area (Å²) >= 11 is 0. The van der Waals surface area contributed by atoms with Gasteiger partial charge in [0, 0.05) is 11.4 Å². The SMILES string of the molecule is COc1ccc(N[C@H](C(=O)Nc2ccc(C)cc2)c2ccccc2)cc1. The first-order valence-corrected chi connectivity index (χ1v) is 8.49. The standard InChI is InChI=1S/C22H22N2O2/c1-16-8-10-19(11-9-16)24-22(25)21(17-6-4-3-5-7-17)23-18-12-14-20(26-2)15-13-18/h3-15,21,23H,1-2H3,(H,24,25)/t21-/m0/s1. The van der Waals surface area contributed by atoms with Gasteiger partial charge in [0.15, 0.2) is 0 Å². The number of carbonyl (C=O) groups is 1. The Morgan fingerprint density at radius 3 is 2.08 bits per heavy atom. The molecule has 3 rings (SSSR count). The molecule has 4 heteroatoms. The van der Waals surface area contributed by atoms with Crippen LogP contribution in [0.15, 0.2) is 78.9 Å². The van der Waals surface area contributed by atoms with Crippen molar-refractivity contribution >= 4 is 17.3 Å². The molecule has 0 spiro atoms. The van der Waals surface area contributed by atoms with E-state index < -0.39 is 6.04 Å². The van der Waals surface area contributed by atoms with E-state index in [2.05, 4.69) is 10.6 Å². The smallest absolute Gasteiger partial charge is 0.251 e. The molecule has 0 aliphatic rings. The number of carbonyl (C=O) groups excluding carboxylic acids is 1. The molecule has 0 aliphatic heterocycles. The molecule has 4 nitrogen and oxygen atoms in total. The molecular weight excluding hydrogens is 324 g/mol. The third-order valence-electron chi connectivity index (χ3n) is 4.12. The van der Waals surface area contributed by atoms with E-state index in [0.29, 0.717) is 0 Å². The van der Waals surface area contributed by atoms with Crippen LogP contribution in [-0.4, -0.2) is 13.0 Å². The molecule has 0 heterocycles. The summed E-state index contributed by atoms with van der Waals surface area (Å²) in [4.78, 5) is 12.9. The molecule has 3 aromatic rings. The van der Waals surface area contributed by atoms with Crippen LogP contribution in [0.1, 0.15) is 17.2 Å². The van der Waals surface area contributed by atoms with Gasteiger partial charge < -0.3 is 15.4 Å². The summed E-state index contributed by atoms with van der Waals surface area (Å²) in [7, 11) is 1.63. The number of amides is 1. The van der Waals surface area contributed by atoms with E-state index >= 15 is 0 Å². The minimum absolute atomic E-state index is 0.115. The molecule has 2 N–H and O–H groups in total. The monoisotopic (exact) mass is 346 g/mol. The highest BCUT2D eigenvalue weighted by atomic mass is 16.5. The van der Waals surface area contributed by atoms with E-state index in [9.17, 15) is 4.79 Å². The zero-order valence-corrected chi connectivity index (χ0v) is 14.9. The Morgan fingerprint density at radius 1 is 0.846 bits per heavy atom. The molecule has 0 aromatic heterocycles. The lowest BCUT2D eigenvalue weighted by molar-refractivity contribution is -0.117. The summed E-state index contributed by atoms with van der Waals surface area (Å²) in [5, 5.41) is 6.29. The zero-order chi connectivity index (χ0) is 18.4. The third kappa shape index (κ3) is 4.42. The zero-order valence-electron chi connectivity index (χ0n) is 14.9. The highest BCUT2D eigenvalue weighted by molar-refractivity contribution is 5.97. The van der Waals surface area contributed by atoms with Crippen LogP contribution < -0.4 is 15.4 Å². The van der Waals surface area contributed by atoms with Gasteiger partial charge in [0.2, 0.25) is 0 Å². The van der Waals surface area contributed by atoms with Gasteiger partial charge in [0.1, 0.15) is 11.8 Å². The maximum Gasteiger partial charge on any atom is 0.251 e. The molecule has 0 fully saturated rings. The number of nitrogens with one attached hydrogen (secondary N) is 2. The molecule has 0 radical (unpaired) electrons. The molecule has 0 saturated heterocycles. The molecule has 0 saturated carbocycles. The first-order chi connectivity index (χ1) is 12.7. The quantitative estimate of drug-likeness (QED) is 0.674. The second-order valence-electron chi connectivity index (χ2n) is 6.07. The average molecular weight is 346 g/mol. The second-order valence-corrected chi connectivity index (χ2v) is 6.07. The van der Waals surface area contributed by atoms with Crippen LogP contribution in [0.3, 0.4) is 0 Å². The van der Waals surface area contributed by atoms with Gasteiger partial charge in [-0.2, -0.15) is 0 Å². The van der Waals surface area contributed by atoms with Crippen LogP contribution >= 0.6 is 0 Å². The van der Waals surface area contributed by atoms with Crippen molar-refractivity contribution in [2.45, 2.75) is 13.0 Å². The predicted molar refractivity (Wildman–Crippen MR) is 106 cm³/mol. The third-order valence-corrected chi connectivity index (χ3v) is 4.12. The van der Waals surface area contributed by atoms with Gasteiger partial charge in [-0.3, -0.25) is 4.79 Å². The summed E-state index contributed by atoms with van der Waals surface area (Å²) in [5.41, 5.74) is 3.67. The van der Waals surface area contributed by atoms with E-state index in [4.69, 9.17) is 4.74 Å². The molecule has 26 heavy (non-hydrogen) atoms. The van der Waals surface area contributed by atoms with Gasteiger partial charge in [-0.05, 0) is 48.9 Å². The number of benzene rings is 3. The van der Waals surface area contributed by atoms with Crippen molar-refractivity contribution in [1.29, 1.82) is 0 Å². The van der Waals surface area contributed by atoms with Crippen molar-refractivity contribution in [3.63, 3.8) is 0 Å². The Labute approximate surface area is 153 Å². The summed E-state index contributed by atoms with van der Waals surface area (Å²) in [6.07, 6.45) is 0. The lowest BCUT2D eigenvalue weighted by Crippen LogP contribution is -2.27. The Bertz CT molecular complexity index is 844. The van der Waals surface area contributed by atoms with E-state index in [1.807, 2.05) is 85.8 Å². The number of methoxy groups -OCH3 is 1. The van der Waals surface area contributed by atoms with Gasteiger partial charge in [-0.25, -0.2) is 0 Å². The molecule has 0 unspecified atom stereocenters. The molecule has 0 bridgehead atoms. The van der Waals surface area contributed by atoms with Gasteiger partial charge in [-0.1, -0.05) is 48.0 Å². The van der Waals surface area contributed by atoms with E-state index in [1.54, 1.807) is 7.11 Å². The van der Waals surface area contributed by atoms with Crippen LogP contribution in [0.4, 0.5) is 11.4 Å². The van der Waals surface area contributed by atoms with E-state index in [1.165, 1.54) is 0 Å². The number of aryl methyl sites for hydroxylation is 1. The van der Waals surface area contributed by atoms with Crippen molar-refractivity contribution in [1.82, 2.24) is 0 Å². The normalized spacial score (nSPS) is 11.5. The Morgan fingerprint density at radius 2 is 1.46 bits per heavy atom. The fourth-order valence-corrected chi connectivity index (χ4v) is 2.65. The summed E-state index contributed by atoms with van der Waals surface area (Å²) in [5.74, 6) is 0.659. The van der Waals surface area contributed by atoms with E-state index in [-0.39, 0.29) is 5.91 Å². The maximum atomic E-state index is 12.9. The molecule has 1 atom stereocenters. The lowest BCUT2D eigenvalue weighted by atomic mass is 10.1. The van der Waals surface area contributed by atoms with Crippen molar-refractivity contribution < 1.29 is 9.53 Å². The van der Waals surface area contributed by atoms with Gasteiger partial charge in [-0.15, -0.1) is 0 Å². The Balaban J connectivity index is 1.82. The van der Waals surface area contributed by atoms with Crippen LogP contribution in [0.25, 0.3) is 0 Å². The second kappa shape index (κ2) is 8.21. The molecule has 3 aromatic carbocycles. The van der Waals surface area contributed by atoms with Gasteiger partial charge >= 0.3 is 0 Å². The van der Waals surface area contributed by atoms with Crippen molar-refractivity contribution in [3.05, 3.63) is 90.0 Å². The highest BCUT2D eigenvalue weighted by Gasteiger charge is 2.20. The molecule has 1 amide bonds. The molecular formula is C22H22N2O2. The number of hydrogen-bond acceptors (Lipinski definition) is 3. The van der Waals surface area contributed by atoms with Gasteiger partial charge in [0.05, 0.1) is 7.11 Å². The number of rotatable bonds is 6. The fraction of sp³-hybridized carbons (Fsp3) is 0.136. The largest absolute Gasteiger partial charge is 0.497 e. The first-order valence-electron chi connectivity index (χ1n) is 8.49. The number of anilines is 2. The maximum absolute atomic E-state index is 12.9. The summed E-state index contributed by atoms with van der Waals surface area (Å²) in [6, 6.07) is 24.4. The topological polar surface area (TPSA) is 50.4 Å². The lowest BCUT2D eigenvalue weighted by Gasteiger charge is -2.20. The Kier molecular flexibility index (Phi) is 5.54.